The number of amides is 1. The largest absolute Gasteiger partial charge is 0.434 e. The van der Waals surface area contributed by atoms with Crippen molar-refractivity contribution in [3.05, 3.63) is 59.3 Å². The fourth-order valence-electron chi connectivity index (χ4n) is 4.97. The van der Waals surface area contributed by atoms with Crippen LogP contribution in [-0.2, 0) is 24.1 Å². The van der Waals surface area contributed by atoms with Crippen molar-refractivity contribution in [1.82, 2.24) is 29.1 Å². The Morgan fingerprint density at radius 2 is 1.93 bits per heavy atom. The van der Waals surface area contributed by atoms with Crippen LogP contribution < -0.4 is 4.90 Å². The van der Waals surface area contributed by atoms with Crippen LogP contribution >= 0.6 is 0 Å². The lowest BCUT2D eigenvalue weighted by atomic mass is 10.0. The number of rotatable bonds is 6. The van der Waals surface area contributed by atoms with Crippen LogP contribution in [0.2, 0.25) is 0 Å². The maximum Gasteiger partial charge on any atom is 0.434 e. The summed E-state index contributed by atoms with van der Waals surface area (Å²) < 4.78 is 59.7. The van der Waals surface area contributed by atoms with E-state index in [1.807, 2.05) is 13.8 Å². The molecule has 0 unspecified atom stereocenters. The summed E-state index contributed by atoms with van der Waals surface area (Å²) in [5.74, 6) is -0.583. The molecule has 5 rings (SSSR count). The van der Waals surface area contributed by atoms with Gasteiger partial charge >= 0.3 is 6.18 Å². The predicted octanol–water partition coefficient (Wildman–Crippen LogP) is 5.74. The van der Waals surface area contributed by atoms with E-state index in [-0.39, 0.29) is 36.3 Å². The average molecular weight is 555 g/mol. The Kier molecular flexibility index (Phi) is 6.73. The predicted molar refractivity (Wildman–Crippen MR) is 137 cm³/mol. The Hall–Kier alpha value is -4.47. The second kappa shape index (κ2) is 9.93. The lowest BCUT2D eigenvalue weighted by Gasteiger charge is -2.33. The van der Waals surface area contributed by atoms with Crippen molar-refractivity contribution in [2.45, 2.75) is 65.5 Å². The molecule has 1 aliphatic heterocycles. The Morgan fingerprint density at radius 3 is 2.55 bits per heavy atom. The highest BCUT2D eigenvalue weighted by Gasteiger charge is 2.36. The lowest BCUT2D eigenvalue weighted by Crippen LogP contribution is -2.39. The molecule has 0 fully saturated rings. The van der Waals surface area contributed by atoms with Gasteiger partial charge in [0.05, 0.1) is 29.9 Å². The molecule has 0 saturated heterocycles. The number of aromatic nitrogens is 6. The third kappa shape index (κ3) is 4.53. The molecule has 1 atom stereocenters. The highest BCUT2D eigenvalue weighted by Crippen LogP contribution is 2.37. The van der Waals surface area contributed by atoms with Crippen molar-refractivity contribution in [1.29, 1.82) is 5.26 Å². The van der Waals surface area contributed by atoms with E-state index in [2.05, 4.69) is 21.3 Å². The van der Waals surface area contributed by atoms with Gasteiger partial charge in [0, 0.05) is 31.3 Å². The molecule has 13 heteroatoms. The highest BCUT2D eigenvalue weighted by atomic mass is 19.4. The van der Waals surface area contributed by atoms with Crippen molar-refractivity contribution < 1.29 is 22.4 Å². The summed E-state index contributed by atoms with van der Waals surface area (Å²) in [7, 11) is 0. The van der Waals surface area contributed by atoms with Crippen LogP contribution in [0.5, 0.6) is 0 Å². The summed E-state index contributed by atoms with van der Waals surface area (Å²) >= 11 is 0. The number of carbonyl (C=O) groups excluding carboxylic acids is 1. The Bertz CT molecular complexity index is 1640. The first-order valence-electron chi connectivity index (χ1n) is 12.8. The number of hydrogen-bond donors (Lipinski definition) is 0. The molecule has 0 radical (unpaired) electrons. The van der Waals surface area contributed by atoms with Gasteiger partial charge in [0.2, 0.25) is 5.91 Å². The van der Waals surface area contributed by atoms with Crippen LogP contribution in [0.4, 0.5) is 23.4 Å². The van der Waals surface area contributed by atoms with E-state index >= 15 is 4.39 Å². The molecule has 0 saturated carbocycles. The molecule has 40 heavy (non-hydrogen) atoms. The first-order valence-corrected chi connectivity index (χ1v) is 12.8. The van der Waals surface area contributed by atoms with Crippen LogP contribution in [0.1, 0.15) is 63.0 Å². The number of aryl methyl sites for hydroxylation is 2. The van der Waals surface area contributed by atoms with Crippen LogP contribution in [0.15, 0.2) is 36.7 Å². The Labute approximate surface area is 227 Å². The number of nitriles is 1. The zero-order chi connectivity index (χ0) is 28.9. The number of carbonyl (C=O) groups is 1. The standard InChI is InChI=1S/C27H26F4N8O/c1-5-36-14-22(27(29,30)31)34-26(36)19-7-6-17(10-20(19)28)16(4)38-23-11-21(35-37(23)9-8-24(38)40)25-18(12-32)13-33-39(25)15(2)3/h6-7,10-11,13-16H,5,8-9H2,1-4H3/t16-/m0/s1. The van der Waals surface area contributed by atoms with E-state index in [0.717, 1.165) is 6.20 Å². The maximum absolute atomic E-state index is 15.4. The number of imidazole rings is 1. The molecular formula is C27H26F4N8O. The summed E-state index contributed by atoms with van der Waals surface area (Å²) in [5.41, 5.74) is 0.657. The Balaban J connectivity index is 1.52. The number of fused-ring (bicyclic) bond motifs is 1. The molecule has 0 spiro atoms. The average Bonchev–Trinajstić information content (AvgIpc) is 3.63. The summed E-state index contributed by atoms with van der Waals surface area (Å²) in [6.07, 6.45) is -2.15. The molecule has 1 amide bonds. The lowest BCUT2D eigenvalue weighted by molar-refractivity contribution is -0.140. The van der Waals surface area contributed by atoms with E-state index < -0.39 is 23.7 Å². The fourth-order valence-corrected chi connectivity index (χ4v) is 4.97. The molecule has 4 heterocycles. The molecule has 0 bridgehead atoms. The van der Waals surface area contributed by atoms with Gasteiger partial charge in [-0.15, -0.1) is 0 Å². The topological polar surface area (TPSA) is 97.6 Å². The van der Waals surface area contributed by atoms with Crippen molar-refractivity contribution in [2.75, 3.05) is 4.90 Å². The van der Waals surface area contributed by atoms with Crippen molar-refractivity contribution in [2.24, 2.45) is 0 Å². The normalized spacial score (nSPS) is 14.5. The minimum atomic E-state index is -4.66. The van der Waals surface area contributed by atoms with E-state index in [0.29, 0.717) is 34.9 Å². The molecule has 0 aliphatic carbocycles. The zero-order valence-corrected chi connectivity index (χ0v) is 22.2. The van der Waals surface area contributed by atoms with Gasteiger partial charge in [0.15, 0.2) is 5.69 Å². The number of alkyl halides is 3. The molecular weight excluding hydrogens is 528 g/mol. The number of hydrogen-bond acceptors (Lipinski definition) is 5. The van der Waals surface area contributed by atoms with Crippen molar-refractivity contribution in [3.8, 4) is 28.8 Å². The molecule has 208 valence electrons. The highest BCUT2D eigenvalue weighted by molar-refractivity contribution is 5.95. The third-order valence-electron chi connectivity index (χ3n) is 6.97. The molecule has 4 aromatic rings. The van der Waals surface area contributed by atoms with Gasteiger partial charge in [-0.3, -0.25) is 14.4 Å². The van der Waals surface area contributed by atoms with Crippen molar-refractivity contribution >= 4 is 11.7 Å². The number of halogens is 4. The van der Waals surface area contributed by atoms with Crippen molar-refractivity contribution in [3.63, 3.8) is 0 Å². The number of benzene rings is 1. The fraction of sp³-hybridized carbons (Fsp3) is 0.370. The summed E-state index contributed by atoms with van der Waals surface area (Å²) in [4.78, 5) is 18.3. The summed E-state index contributed by atoms with van der Waals surface area (Å²) in [5, 5.41) is 18.6. The first-order chi connectivity index (χ1) is 18.9. The van der Waals surface area contributed by atoms with Gasteiger partial charge in [0.25, 0.3) is 0 Å². The molecule has 1 aliphatic rings. The van der Waals surface area contributed by atoms with Crippen LogP contribution in [0.3, 0.4) is 0 Å². The smallest absolute Gasteiger partial charge is 0.331 e. The van der Waals surface area contributed by atoms with Crippen LogP contribution in [-0.4, -0.2) is 35.0 Å². The maximum atomic E-state index is 15.4. The van der Waals surface area contributed by atoms with Crippen LogP contribution in [0, 0.1) is 17.1 Å². The second-order valence-electron chi connectivity index (χ2n) is 9.83. The van der Waals surface area contributed by atoms with Gasteiger partial charge < -0.3 is 4.57 Å². The second-order valence-corrected chi connectivity index (χ2v) is 9.83. The summed E-state index contributed by atoms with van der Waals surface area (Å²) in [6.45, 7) is 7.76. The quantitative estimate of drug-likeness (QED) is 0.283. The monoisotopic (exact) mass is 554 g/mol. The summed E-state index contributed by atoms with van der Waals surface area (Å²) in [6, 6.07) is 7.37. The van der Waals surface area contributed by atoms with E-state index in [1.54, 1.807) is 35.3 Å². The minimum absolute atomic E-state index is 0.0375. The van der Waals surface area contributed by atoms with Gasteiger partial charge in [0.1, 0.15) is 34.9 Å². The van der Waals surface area contributed by atoms with E-state index in [4.69, 9.17) is 0 Å². The molecule has 3 aromatic heterocycles. The first kappa shape index (κ1) is 27.1. The van der Waals surface area contributed by atoms with Gasteiger partial charge in [-0.25, -0.2) is 14.1 Å². The van der Waals surface area contributed by atoms with Gasteiger partial charge in [-0.1, -0.05) is 6.07 Å². The van der Waals surface area contributed by atoms with E-state index in [9.17, 15) is 23.2 Å². The van der Waals surface area contributed by atoms with Gasteiger partial charge in [-0.2, -0.15) is 28.6 Å². The molecule has 1 aromatic carbocycles. The molecule has 9 nitrogen and oxygen atoms in total. The SMILES string of the molecule is CCn1cc(C(F)(F)F)nc1-c1ccc([C@H](C)N2C(=O)CCn3nc(-c4c(C#N)cnn4C(C)C)cc32)cc1F. The van der Waals surface area contributed by atoms with Crippen LogP contribution in [0.25, 0.3) is 22.8 Å². The third-order valence-corrected chi connectivity index (χ3v) is 6.97. The van der Waals surface area contributed by atoms with E-state index in [1.165, 1.54) is 27.8 Å². The number of nitrogens with zero attached hydrogens (tertiary/aromatic N) is 8. The minimum Gasteiger partial charge on any atom is -0.331 e. The van der Waals surface area contributed by atoms with Gasteiger partial charge in [-0.05, 0) is 45.4 Å². The number of anilines is 1. The Morgan fingerprint density at radius 1 is 1.18 bits per heavy atom. The molecule has 0 N–H and O–H groups in total. The zero-order valence-electron chi connectivity index (χ0n) is 22.2.